The quantitative estimate of drug-likeness (QED) is 0.516. The molecule has 0 radical (unpaired) electrons. The van der Waals surface area contributed by atoms with Crippen LogP contribution in [0.5, 0.6) is 5.88 Å². The summed E-state index contributed by atoms with van der Waals surface area (Å²) in [7, 11) is 1.87. The highest BCUT2D eigenvalue weighted by molar-refractivity contribution is 5.92. The second-order valence-electron chi connectivity index (χ2n) is 8.27. The van der Waals surface area contributed by atoms with Crippen LogP contribution < -0.4 is 15.0 Å². The summed E-state index contributed by atoms with van der Waals surface area (Å²) in [5, 5.41) is 13.8. The van der Waals surface area contributed by atoms with Gasteiger partial charge in [-0.1, -0.05) is 6.92 Å². The summed E-state index contributed by atoms with van der Waals surface area (Å²) in [5.41, 5.74) is 1.84. The summed E-state index contributed by atoms with van der Waals surface area (Å²) in [6.45, 7) is 4.82. The Balaban J connectivity index is 1.50. The molecule has 4 bridgehead atoms. The molecule has 0 aliphatic carbocycles. The smallest absolute Gasteiger partial charge is 0.222 e. The maximum absolute atomic E-state index is 6.21. The Bertz CT molecular complexity index is 1290. The van der Waals surface area contributed by atoms with Crippen LogP contribution in [-0.4, -0.2) is 54.2 Å². The third-order valence-corrected chi connectivity index (χ3v) is 6.27. The summed E-state index contributed by atoms with van der Waals surface area (Å²) < 4.78 is 10.1. The lowest BCUT2D eigenvalue weighted by Gasteiger charge is -2.31. The topological polar surface area (TPSA) is 98.8 Å². The van der Waals surface area contributed by atoms with Crippen molar-refractivity contribution in [2.45, 2.75) is 32.2 Å². The fraction of sp³-hybridized carbons (Fsp3) is 0.409. The standard InChI is InChI=1S/C22H25N9O/c1-3-14-6-10-32-22-16(13-25-29(22)2)20-23-7-5-18(27-20)26-19-11-17-15(12-24-19)21(28-31(14)17)30-8-4-9-30/h5,7,11-14H,3-4,6,8-10H2,1-2H3,(H,23,24,26,27). The summed E-state index contributed by atoms with van der Waals surface area (Å²) in [6, 6.07) is 4.10. The number of hydrogen-bond acceptors (Lipinski definition) is 8. The molecular weight excluding hydrogens is 406 g/mol. The highest BCUT2D eigenvalue weighted by Gasteiger charge is 2.25. The Hall–Kier alpha value is -3.69. The molecule has 164 valence electrons. The second-order valence-corrected chi connectivity index (χ2v) is 8.27. The van der Waals surface area contributed by atoms with Crippen molar-refractivity contribution in [2.75, 3.05) is 29.9 Å². The van der Waals surface area contributed by atoms with Gasteiger partial charge in [-0.15, -0.1) is 0 Å². The van der Waals surface area contributed by atoms with Crippen LogP contribution >= 0.6 is 0 Å². The van der Waals surface area contributed by atoms with Crippen LogP contribution in [0.15, 0.2) is 30.7 Å². The van der Waals surface area contributed by atoms with Gasteiger partial charge in [0.2, 0.25) is 5.88 Å². The highest BCUT2D eigenvalue weighted by atomic mass is 16.5. The van der Waals surface area contributed by atoms with Gasteiger partial charge < -0.3 is 15.0 Å². The van der Waals surface area contributed by atoms with Crippen molar-refractivity contribution in [1.82, 2.24) is 34.5 Å². The Morgan fingerprint density at radius 2 is 2.09 bits per heavy atom. The highest BCUT2D eigenvalue weighted by Crippen LogP contribution is 2.34. The maximum atomic E-state index is 6.21. The van der Waals surface area contributed by atoms with E-state index in [0.717, 1.165) is 54.0 Å². The largest absolute Gasteiger partial charge is 0.477 e. The number of hydrogen-bond donors (Lipinski definition) is 1. The number of anilines is 3. The van der Waals surface area contributed by atoms with Crippen molar-refractivity contribution in [1.29, 1.82) is 0 Å². The zero-order valence-electron chi connectivity index (χ0n) is 18.2. The summed E-state index contributed by atoms with van der Waals surface area (Å²) in [5.74, 6) is 3.64. The number of nitrogens with zero attached hydrogens (tertiary/aromatic N) is 8. The van der Waals surface area contributed by atoms with Gasteiger partial charge >= 0.3 is 0 Å². The molecule has 1 N–H and O–H groups in total. The van der Waals surface area contributed by atoms with Gasteiger partial charge in [-0.05, 0) is 18.9 Å². The molecule has 6 heterocycles. The van der Waals surface area contributed by atoms with Gasteiger partial charge in [-0.3, -0.25) is 4.68 Å². The minimum atomic E-state index is 0.205. The molecule has 10 heteroatoms. The number of aromatic nitrogens is 7. The zero-order chi connectivity index (χ0) is 21.7. The van der Waals surface area contributed by atoms with Crippen molar-refractivity contribution < 1.29 is 4.74 Å². The van der Waals surface area contributed by atoms with E-state index >= 15 is 0 Å². The van der Waals surface area contributed by atoms with Crippen molar-refractivity contribution in [3.63, 3.8) is 0 Å². The molecular formula is C22H25N9O. The number of rotatable bonds is 2. The van der Waals surface area contributed by atoms with E-state index in [2.05, 4.69) is 47.9 Å². The third kappa shape index (κ3) is 3.05. The molecule has 1 fully saturated rings. The van der Waals surface area contributed by atoms with Crippen LogP contribution in [-0.2, 0) is 7.05 Å². The first kappa shape index (κ1) is 19.0. The Morgan fingerprint density at radius 3 is 2.91 bits per heavy atom. The number of nitrogens with one attached hydrogen (secondary N) is 1. The van der Waals surface area contributed by atoms with Crippen LogP contribution in [0.25, 0.3) is 22.3 Å². The minimum absolute atomic E-state index is 0.205. The van der Waals surface area contributed by atoms with Crippen molar-refractivity contribution in [2.24, 2.45) is 7.05 Å². The van der Waals surface area contributed by atoms with E-state index in [0.29, 0.717) is 24.1 Å². The molecule has 6 rings (SSSR count). The molecule has 0 amide bonds. The van der Waals surface area contributed by atoms with Crippen LogP contribution in [0.3, 0.4) is 0 Å². The van der Waals surface area contributed by atoms with E-state index in [4.69, 9.17) is 9.84 Å². The summed E-state index contributed by atoms with van der Waals surface area (Å²) in [4.78, 5) is 16.1. The molecule has 4 aromatic rings. The molecule has 2 aliphatic heterocycles. The van der Waals surface area contributed by atoms with Crippen LogP contribution in [0, 0.1) is 0 Å². The van der Waals surface area contributed by atoms with Gasteiger partial charge in [0, 0.05) is 45.0 Å². The third-order valence-electron chi connectivity index (χ3n) is 6.27. The normalized spacial score (nSPS) is 17.9. The van der Waals surface area contributed by atoms with Crippen LogP contribution in [0.4, 0.5) is 17.5 Å². The Kier molecular flexibility index (Phi) is 4.44. The lowest BCUT2D eigenvalue weighted by atomic mass is 10.1. The number of ether oxygens (including phenoxy) is 1. The summed E-state index contributed by atoms with van der Waals surface area (Å²) in [6.07, 6.45) is 8.37. The van der Waals surface area contributed by atoms with Gasteiger partial charge in [0.15, 0.2) is 11.6 Å². The van der Waals surface area contributed by atoms with Crippen LogP contribution in [0.1, 0.15) is 32.2 Å². The molecule has 1 saturated heterocycles. The molecule has 0 aromatic carbocycles. The van der Waals surface area contributed by atoms with Gasteiger partial charge in [0.1, 0.15) is 17.2 Å². The van der Waals surface area contributed by atoms with E-state index in [-0.39, 0.29) is 6.04 Å². The SMILES string of the molecule is CCC1CCOc2c(cnn2C)-c2nccc(n2)Nc2cc3c(cn2)c(N2CCC2)nn31. The van der Waals surface area contributed by atoms with Gasteiger partial charge in [-0.25, -0.2) is 19.6 Å². The van der Waals surface area contributed by atoms with Crippen molar-refractivity contribution in [3.05, 3.63) is 30.7 Å². The molecule has 1 unspecified atom stereocenters. The molecule has 1 atom stereocenters. The fourth-order valence-corrected chi connectivity index (χ4v) is 4.36. The van der Waals surface area contributed by atoms with Gasteiger partial charge in [-0.2, -0.15) is 10.2 Å². The van der Waals surface area contributed by atoms with Gasteiger partial charge in [0.25, 0.3) is 0 Å². The lowest BCUT2D eigenvalue weighted by Crippen LogP contribution is -2.37. The minimum Gasteiger partial charge on any atom is -0.477 e. The van der Waals surface area contributed by atoms with Crippen molar-refractivity contribution >= 4 is 28.4 Å². The first-order chi connectivity index (χ1) is 15.7. The molecule has 32 heavy (non-hydrogen) atoms. The predicted octanol–water partition coefficient (Wildman–Crippen LogP) is 3.31. The van der Waals surface area contributed by atoms with E-state index in [1.165, 1.54) is 6.42 Å². The summed E-state index contributed by atoms with van der Waals surface area (Å²) >= 11 is 0. The lowest BCUT2D eigenvalue weighted by molar-refractivity contribution is 0.252. The van der Waals surface area contributed by atoms with E-state index in [9.17, 15) is 0 Å². The molecule has 4 aromatic heterocycles. The first-order valence-electron chi connectivity index (χ1n) is 11.1. The van der Waals surface area contributed by atoms with Crippen LogP contribution in [0.2, 0.25) is 0 Å². The van der Waals surface area contributed by atoms with E-state index in [1.807, 2.05) is 19.3 Å². The molecule has 2 aliphatic rings. The number of pyridine rings is 1. The monoisotopic (exact) mass is 431 g/mol. The Labute approximate surface area is 185 Å². The zero-order valence-corrected chi connectivity index (χ0v) is 18.2. The maximum Gasteiger partial charge on any atom is 0.222 e. The Morgan fingerprint density at radius 1 is 1.19 bits per heavy atom. The fourth-order valence-electron chi connectivity index (χ4n) is 4.36. The number of fused-ring (bicyclic) bond motifs is 5. The van der Waals surface area contributed by atoms with E-state index < -0.39 is 0 Å². The van der Waals surface area contributed by atoms with Crippen molar-refractivity contribution in [3.8, 4) is 17.3 Å². The molecule has 0 spiro atoms. The second kappa shape index (κ2) is 7.47. The van der Waals surface area contributed by atoms with E-state index in [1.54, 1.807) is 17.1 Å². The van der Waals surface area contributed by atoms with Gasteiger partial charge in [0.05, 0.1) is 29.7 Å². The molecule has 0 saturated carbocycles. The molecule has 10 nitrogen and oxygen atoms in total. The first-order valence-corrected chi connectivity index (χ1v) is 11.1. The predicted molar refractivity (Wildman–Crippen MR) is 121 cm³/mol. The average molecular weight is 432 g/mol. The number of aryl methyl sites for hydroxylation is 1. The average Bonchev–Trinajstić information content (AvgIpc) is 3.31.